The average Bonchev–Trinajstić information content (AvgIpc) is 2.43. The van der Waals surface area contributed by atoms with Crippen LogP contribution < -0.4 is 9.47 Å². The number of carbonyl (C=O) groups is 1. The number of halogens is 1. The molecule has 0 amide bonds. The van der Waals surface area contributed by atoms with Gasteiger partial charge in [0.25, 0.3) is 0 Å². The van der Waals surface area contributed by atoms with Crippen LogP contribution in [0.3, 0.4) is 0 Å². The minimum Gasteiger partial charge on any atom is -0.490 e. The number of hydrogen-bond acceptors (Lipinski definition) is 3. The van der Waals surface area contributed by atoms with Gasteiger partial charge >= 0.3 is 0 Å². The lowest BCUT2D eigenvalue weighted by Crippen LogP contribution is -2.14. The van der Waals surface area contributed by atoms with Gasteiger partial charge in [-0.15, -0.1) is 0 Å². The Bertz CT molecular complexity index is 453. The summed E-state index contributed by atoms with van der Waals surface area (Å²) in [7, 11) is 0. The van der Waals surface area contributed by atoms with Crippen molar-refractivity contribution in [2.75, 3.05) is 13.2 Å². The average molecular weight is 299 g/mol. The van der Waals surface area contributed by atoms with E-state index in [4.69, 9.17) is 21.1 Å². The second kappa shape index (κ2) is 8.15. The molecule has 0 aliphatic carbocycles. The third kappa shape index (κ3) is 3.89. The maximum atomic E-state index is 12.5. The van der Waals surface area contributed by atoms with Crippen molar-refractivity contribution in [2.24, 2.45) is 5.92 Å². The lowest BCUT2D eigenvalue weighted by molar-refractivity contribution is 0.0913. The third-order valence-electron chi connectivity index (χ3n) is 3.25. The van der Waals surface area contributed by atoms with Crippen LogP contribution in [0.4, 0.5) is 0 Å². The Morgan fingerprint density at radius 2 is 1.55 bits per heavy atom. The summed E-state index contributed by atoms with van der Waals surface area (Å²) < 4.78 is 11.0. The predicted octanol–water partition coefficient (Wildman–Crippen LogP) is 4.76. The van der Waals surface area contributed by atoms with E-state index in [-0.39, 0.29) is 11.7 Å². The molecule has 0 atom stereocenters. The minimum atomic E-state index is -0.0000740. The number of hydrogen-bond donors (Lipinski definition) is 0. The summed E-state index contributed by atoms with van der Waals surface area (Å²) in [5.41, 5.74) is 0.521. The summed E-state index contributed by atoms with van der Waals surface area (Å²) in [6.45, 7) is 8.85. The van der Waals surface area contributed by atoms with Gasteiger partial charge in [-0.1, -0.05) is 25.4 Å². The molecule has 0 aliphatic rings. The van der Waals surface area contributed by atoms with Crippen LogP contribution in [0.5, 0.6) is 11.5 Å². The molecule has 4 heteroatoms. The van der Waals surface area contributed by atoms with Gasteiger partial charge in [0.15, 0.2) is 17.3 Å². The molecule has 0 N–H and O–H groups in total. The topological polar surface area (TPSA) is 35.5 Å². The molecule has 3 nitrogen and oxygen atoms in total. The first-order valence-corrected chi connectivity index (χ1v) is 7.59. The lowest BCUT2D eigenvalue weighted by atomic mass is 9.93. The monoisotopic (exact) mass is 298 g/mol. The Hall–Kier alpha value is -1.22. The first-order valence-electron chi connectivity index (χ1n) is 7.22. The molecule has 1 rings (SSSR count). The molecule has 0 fully saturated rings. The van der Waals surface area contributed by atoms with E-state index < -0.39 is 0 Å². The van der Waals surface area contributed by atoms with Gasteiger partial charge in [0.1, 0.15) is 0 Å². The van der Waals surface area contributed by atoms with Gasteiger partial charge in [-0.2, -0.15) is 0 Å². The first-order chi connectivity index (χ1) is 9.58. The van der Waals surface area contributed by atoms with Crippen molar-refractivity contribution in [1.82, 2.24) is 0 Å². The molecule has 1 aromatic carbocycles. The van der Waals surface area contributed by atoms with Crippen LogP contribution in [0.15, 0.2) is 12.1 Å². The zero-order valence-corrected chi connectivity index (χ0v) is 13.4. The fourth-order valence-electron chi connectivity index (χ4n) is 2.14. The van der Waals surface area contributed by atoms with Crippen molar-refractivity contribution >= 4 is 17.4 Å². The second-order valence-corrected chi connectivity index (χ2v) is 4.93. The van der Waals surface area contributed by atoms with Crippen molar-refractivity contribution in [1.29, 1.82) is 0 Å². The molecule has 0 heterocycles. The third-order valence-corrected chi connectivity index (χ3v) is 3.57. The Labute approximate surface area is 126 Å². The molecule has 0 saturated carbocycles. The van der Waals surface area contributed by atoms with Crippen molar-refractivity contribution in [3.8, 4) is 11.5 Å². The molecule has 20 heavy (non-hydrogen) atoms. The van der Waals surface area contributed by atoms with Crippen molar-refractivity contribution < 1.29 is 14.3 Å². The normalized spacial score (nSPS) is 10.7. The maximum absolute atomic E-state index is 12.5. The van der Waals surface area contributed by atoms with E-state index >= 15 is 0 Å². The van der Waals surface area contributed by atoms with Gasteiger partial charge in [0.2, 0.25) is 0 Å². The maximum Gasteiger partial charge on any atom is 0.167 e. The van der Waals surface area contributed by atoms with Crippen LogP contribution in [-0.2, 0) is 0 Å². The fourth-order valence-corrected chi connectivity index (χ4v) is 2.39. The van der Waals surface area contributed by atoms with Crippen LogP contribution in [0.25, 0.3) is 0 Å². The number of ketones is 1. The molecule has 0 spiro atoms. The summed E-state index contributed by atoms with van der Waals surface area (Å²) in [5.74, 6) is 1.23. The summed E-state index contributed by atoms with van der Waals surface area (Å²) in [5, 5.41) is 0.425. The van der Waals surface area contributed by atoms with Gasteiger partial charge < -0.3 is 9.47 Å². The summed E-state index contributed by atoms with van der Waals surface area (Å²) in [6, 6.07) is 3.38. The summed E-state index contributed by atoms with van der Waals surface area (Å²) in [6.07, 6.45) is 1.62. The van der Waals surface area contributed by atoms with Gasteiger partial charge in [0, 0.05) is 17.5 Å². The highest BCUT2D eigenvalue weighted by Gasteiger charge is 2.21. The van der Waals surface area contributed by atoms with E-state index in [0.29, 0.717) is 35.3 Å². The van der Waals surface area contributed by atoms with Crippen LogP contribution in [0.2, 0.25) is 5.02 Å². The van der Waals surface area contributed by atoms with Crippen LogP contribution in [-0.4, -0.2) is 19.0 Å². The number of carbonyl (C=O) groups excluding carboxylic acids is 1. The smallest absolute Gasteiger partial charge is 0.167 e. The molecular weight excluding hydrogens is 276 g/mol. The SMILES string of the molecule is CCOc1cc(Cl)c(C(=O)C(CC)CC)cc1OCC. The lowest BCUT2D eigenvalue weighted by Gasteiger charge is -2.16. The predicted molar refractivity (Wildman–Crippen MR) is 82.2 cm³/mol. The Balaban J connectivity index is 3.20. The first kappa shape index (κ1) is 16.8. The van der Waals surface area contributed by atoms with E-state index in [2.05, 4.69) is 0 Å². The number of benzene rings is 1. The zero-order valence-electron chi connectivity index (χ0n) is 12.7. The van der Waals surface area contributed by atoms with Gasteiger partial charge in [-0.25, -0.2) is 0 Å². The molecule has 0 aliphatic heterocycles. The molecule has 0 saturated heterocycles. The number of ether oxygens (including phenoxy) is 2. The molecule has 0 aromatic heterocycles. The number of Topliss-reactive ketones (excluding diaryl/α,β-unsaturated/α-hetero) is 1. The summed E-state index contributed by atoms with van der Waals surface area (Å²) >= 11 is 6.23. The molecule has 0 bridgehead atoms. The summed E-state index contributed by atoms with van der Waals surface area (Å²) in [4.78, 5) is 12.5. The Morgan fingerprint density at radius 1 is 1.05 bits per heavy atom. The highest BCUT2D eigenvalue weighted by atomic mass is 35.5. The Morgan fingerprint density at radius 3 is 2.00 bits per heavy atom. The molecule has 112 valence electrons. The van der Waals surface area contributed by atoms with E-state index in [0.717, 1.165) is 12.8 Å². The largest absolute Gasteiger partial charge is 0.490 e. The highest BCUT2D eigenvalue weighted by Crippen LogP contribution is 2.35. The van der Waals surface area contributed by atoms with Gasteiger partial charge in [-0.3, -0.25) is 4.79 Å². The second-order valence-electron chi connectivity index (χ2n) is 4.52. The molecule has 0 unspecified atom stereocenters. The fraction of sp³-hybridized carbons (Fsp3) is 0.562. The van der Waals surface area contributed by atoms with E-state index in [1.165, 1.54) is 0 Å². The van der Waals surface area contributed by atoms with Crippen molar-refractivity contribution in [3.63, 3.8) is 0 Å². The van der Waals surface area contributed by atoms with Crippen molar-refractivity contribution in [2.45, 2.75) is 40.5 Å². The van der Waals surface area contributed by atoms with E-state index in [1.807, 2.05) is 27.7 Å². The molecular formula is C16H23ClO3. The minimum absolute atomic E-state index is 0.0000740. The molecule has 1 aromatic rings. The van der Waals surface area contributed by atoms with Crippen LogP contribution >= 0.6 is 11.6 Å². The van der Waals surface area contributed by atoms with Crippen LogP contribution in [0, 0.1) is 5.92 Å². The van der Waals surface area contributed by atoms with Crippen molar-refractivity contribution in [3.05, 3.63) is 22.7 Å². The van der Waals surface area contributed by atoms with E-state index in [1.54, 1.807) is 12.1 Å². The quantitative estimate of drug-likeness (QED) is 0.649. The number of rotatable bonds is 8. The zero-order chi connectivity index (χ0) is 15.1. The highest BCUT2D eigenvalue weighted by molar-refractivity contribution is 6.34. The Kier molecular flexibility index (Phi) is 6.86. The van der Waals surface area contributed by atoms with Crippen LogP contribution in [0.1, 0.15) is 50.9 Å². The molecule has 0 radical (unpaired) electrons. The van der Waals surface area contributed by atoms with Gasteiger partial charge in [-0.05, 0) is 32.8 Å². The standard InChI is InChI=1S/C16H23ClO3/c1-5-11(6-2)16(18)12-9-14(19-7-3)15(20-8-4)10-13(12)17/h9-11H,5-8H2,1-4H3. The van der Waals surface area contributed by atoms with Gasteiger partial charge in [0.05, 0.1) is 18.2 Å². The van der Waals surface area contributed by atoms with E-state index in [9.17, 15) is 4.79 Å².